The molecule has 5 nitrogen and oxygen atoms in total. The van der Waals surface area contributed by atoms with Crippen molar-refractivity contribution in [1.82, 2.24) is 10.3 Å². The van der Waals surface area contributed by atoms with Crippen LogP contribution in [0.3, 0.4) is 0 Å². The number of aromatic nitrogens is 1. The van der Waals surface area contributed by atoms with Gasteiger partial charge >= 0.3 is 6.03 Å². The standard InChI is InChI=1S/C16H21N3O2S/c1-11-9-17-14(21-11)12-6-5-7-13(8-12)19-15(20)18-10-16(2,3)22-4/h5-9H,10H2,1-4H3,(H2,18,19,20). The van der Waals surface area contributed by atoms with Crippen LogP contribution in [0, 0.1) is 6.92 Å². The van der Waals surface area contributed by atoms with Gasteiger partial charge in [0, 0.05) is 22.5 Å². The van der Waals surface area contributed by atoms with E-state index in [1.807, 2.05) is 37.4 Å². The number of hydrogen-bond acceptors (Lipinski definition) is 4. The molecule has 1 aromatic carbocycles. The molecule has 6 heteroatoms. The monoisotopic (exact) mass is 319 g/mol. The van der Waals surface area contributed by atoms with Gasteiger partial charge in [0.1, 0.15) is 5.76 Å². The van der Waals surface area contributed by atoms with Crippen LogP contribution < -0.4 is 10.6 Å². The second-order valence-corrected chi connectivity index (χ2v) is 7.14. The molecule has 0 aliphatic heterocycles. The first kappa shape index (κ1) is 16.4. The largest absolute Gasteiger partial charge is 0.441 e. The number of benzene rings is 1. The maximum atomic E-state index is 12.0. The van der Waals surface area contributed by atoms with Crippen LogP contribution in [-0.2, 0) is 0 Å². The van der Waals surface area contributed by atoms with Crippen molar-refractivity contribution in [2.45, 2.75) is 25.5 Å². The van der Waals surface area contributed by atoms with Crippen molar-refractivity contribution in [2.24, 2.45) is 0 Å². The lowest BCUT2D eigenvalue weighted by molar-refractivity contribution is 0.251. The molecule has 0 saturated carbocycles. The van der Waals surface area contributed by atoms with E-state index in [9.17, 15) is 4.79 Å². The molecule has 0 unspecified atom stereocenters. The van der Waals surface area contributed by atoms with Crippen molar-refractivity contribution in [3.8, 4) is 11.5 Å². The van der Waals surface area contributed by atoms with E-state index < -0.39 is 0 Å². The molecule has 2 N–H and O–H groups in total. The van der Waals surface area contributed by atoms with E-state index in [-0.39, 0.29) is 10.8 Å². The van der Waals surface area contributed by atoms with Gasteiger partial charge in [0.05, 0.1) is 6.20 Å². The van der Waals surface area contributed by atoms with Gasteiger partial charge in [0.2, 0.25) is 5.89 Å². The number of hydrogen-bond donors (Lipinski definition) is 2. The number of rotatable bonds is 5. The fourth-order valence-corrected chi connectivity index (χ4v) is 1.98. The van der Waals surface area contributed by atoms with E-state index in [0.717, 1.165) is 11.3 Å². The number of nitrogens with one attached hydrogen (secondary N) is 2. The number of carbonyl (C=O) groups excluding carboxylic acids is 1. The summed E-state index contributed by atoms with van der Waals surface area (Å²) in [4.78, 5) is 16.1. The molecule has 0 aliphatic rings. The van der Waals surface area contributed by atoms with Gasteiger partial charge in [-0.3, -0.25) is 0 Å². The van der Waals surface area contributed by atoms with Gasteiger partial charge < -0.3 is 15.1 Å². The Morgan fingerprint density at radius 1 is 1.41 bits per heavy atom. The van der Waals surface area contributed by atoms with E-state index >= 15 is 0 Å². The molecule has 0 aliphatic carbocycles. The van der Waals surface area contributed by atoms with Gasteiger partial charge in [-0.1, -0.05) is 6.07 Å². The van der Waals surface area contributed by atoms with E-state index in [1.54, 1.807) is 18.0 Å². The van der Waals surface area contributed by atoms with Gasteiger partial charge in [-0.05, 0) is 45.2 Å². The van der Waals surface area contributed by atoms with Crippen molar-refractivity contribution < 1.29 is 9.21 Å². The molecule has 1 aromatic heterocycles. The molecule has 118 valence electrons. The Bertz CT molecular complexity index is 652. The van der Waals surface area contributed by atoms with Crippen molar-refractivity contribution in [3.05, 3.63) is 36.2 Å². The molecule has 22 heavy (non-hydrogen) atoms. The Labute approximate surface area is 134 Å². The van der Waals surface area contributed by atoms with Crippen LogP contribution in [0.1, 0.15) is 19.6 Å². The third-order valence-electron chi connectivity index (χ3n) is 3.22. The lowest BCUT2D eigenvalue weighted by Crippen LogP contribution is -2.38. The molecule has 2 rings (SSSR count). The quantitative estimate of drug-likeness (QED) is 0.876. The summed E-state index contributed by atoms with van der Waals surface area (Å²) in [5.41, 5.74) is 1.53. The van der Waals surface area contributed by atoms with Crippen LogP contribution in [0.5, 0.6) is 0 Å². The maximum absolute atomic E-state index is 12.0. The summed E-state index contributed by atoms with van der Waals surface area (Å²) >= 11 is 1.71. The van der Waals surface area contributed by atoms with Crippen molar-refractivity contribution in [2.75, 3.05) is 18.1 Å². The third-order valence-corrected chi connectivity index (χ3v) is 4.47. The second kappa shape index (κ2) is 6.87. The molecular formula is C16H21N3O2S. The highest BCUT2D eigenvalue weighted by atomic mass is 32.2. The number of nitrogens with zero attached hydrogens (tertiary/aromatic N) is 1. The third kappa shape index (κ3) is 4.53. The molecule has 1 heterocycles. The second-order valence-electron chi connectivity index (χ2n) is 5.63. The average Bonchev–Trinajstić information content (AvgIpc) is 2.92. The zero-order valence-electron chi connectivity index (χ0n) is 13.3. The minimum atomic E-state index is -0.220. The normalized spacial score (nSPS) is 11.3. The molecule has 0 spiro atoms. The Kier molecular flexibility index (Phi) is 5.13. The van der Waals surface area contributed by atoms with Gasteiger partial charge in [-0.2, -0.15) is 11.8 Å². The highest BCUT2D eigenvalue weighted by molar-refractivity contribution is 7.99. The summed E-state index contributed by atoms with van der Waals surface area (Å²) in [5.74, 6) is 1.30. The highest BCUT2D eigenvalue weighted by Crippen LogP contribution is 2.22. The number of aryl methyl sites for hydroxylation is 1. The van der Waals surface area contributed by atoms with Crippen LogP contribution in [0.15, 0.2) is 34.9 Å². The SMILES string of the molecule is CSC(C)(C)CNC(=O)Nc1cccc(-c2ncc(C)o2)c1. The number of oxazole rings is 1. The summed E-state index contributed by atoms with van der Waals surface area (Å²) in [5, 5.41) is 5.70. The number of carbonyl (C=O) groups is 1. The topological polar surface area (TPSA) is 67.2 Å². The molecule has 0 saturated heterocycles. The van der Waals surface area contributed by atoms with Crippen LogP contribution in [0.2, 0.25) is 0 Å². The van der Waals surface area contributed by atoms with Crippen LogP contribution >= 0.6 is 11.8 Å². The number of anilines is 1. The maximum Gasteiger partial charge on any atom is 0.319 e. The smallest absolute Gasteiger partial charge is 0.319 e. The van der Waals surface area contributed by atoms with E-state index in [4.69, 9.17) is 4.42 Å². The fourth-order valence-electron chi connectivity index (χ4n) is 1.76. The van der Waals surface area contributed by atoms with Gasteiger partial charge in [0.15, 0.2) is 0 Å². The zero-order valence-corrected chi connectivity index (χ0v) is 14.1. The van der Waals surface area contributed by atoms with Crippen molar-refractivity contribution >= 4 is 23.5 Å². The summed E-state index contributed by atoms with van der Waals surface area (Å²) in [7, 11) is 0. The molecule has 2 aromatic rings. The number of urea groups is 1. The molecule has 0 fully saturated rings. The predicted octanol–water partition coefficient (Wildman–Crippen LogP) is 3.91. The van der Waals surface area contributed by atoms with Crippen molar-refractivity contribution in [1.29, 1.82) is 0 Å². The number of thioether (sulfide) groups is 1. The summed E-state index contributed by atoms with van der Waals surface area (Å²) in [6, 6.07) is 7.20. The first-order valence-corrected chi connectivity index (χ1v) is 8.25. The summed E-state index contributed by atoms with van der Waals surface area (Å²) in [6.45, 7) is 6.62. The van der Waals surface area contributed by atoms with Gasteiger partial charge in [-0.15, -0.1) is 0 Å². The lowest BCUT2D eigenvalue weighted by Gasteiger charge is -2.22. The molecule has 2 amide bonds. The molecular weight excluding hydrogens is 298 g/mol. The zero-order chi connectivity index (χ0) is 16.2. The average molecular weight is 319 g/mol. The summed E-state index contributed by atoms with van der Waals surface area (Å²) in [6.07, 6.45) is 3.70. The number of amides is 2. The lowest BCUT2D eigenvalue weighted by atomic mass is 10.2. The molecule has 0 radical (unpaired) electrons. The van der Waals surface area contributed by atoms with Gasteiger partial charge in [0.25, 0.3) is 0 Å². The molecule has 0 atom stereocenters. The Hall–Kier alpha value is -1.95. The van der Waals surface area contributed by atoms with E-state index in [1.165, 1.54) is 0 Å². The Morgan fingerprint density at radius 2 is 2.18 bits per heavy atom. The fraction of sp³-hybridized carbons (Fsp3) is 0.375. The van der Waals surface area contributed by atoms with Crippen LogP contribution in [0.25, 0.3) is 11.5 Å². The predicted molar refractivity (Wildman–Crippen MR) is 91.3 cm³/mol. The van der Waals surface area contributed by atoms with Gasteiger partial charge in [-0.25, -0.2) is 9.78 Å². The minimum absolute atomic E-state index is 0.00873. The summed E-state index contributed by atoms with van der Waals surface area (Å²) < 4.78 is 5.50. The molecule has 0 bridgehead atoms. The highest BCUT2D eigenvalue weighted by Gasteiger charge is 2.17. The van der Waals surface area contributed by atoms with E-state index in [0.29, 0.717) is 18.1 Å². The Morgan fingerprint density at radius 3 is 2.82 bits per heavy atom. The van der Waals surface area contributed by atoms with Crippen molar-refractivity contribution in [3.63, 3.8) is 0 Å². The first-order valence-electron chi connectivity index (χ1n) is 7.02. The first-order chi connectivity index (χ1) is 10.4. The Balaban J connectivity index is 2.00. The van der Waals surface area contributed by atoms with Crippen LogP contribution in [0.4, 0.5) is 10.5 Å². The van der Waals surface area contributed by atoms with E-state index in [2.05, 4.69) is 29.5 Å². The minimum Gasteiger partial charge on any atom is -0.441 e. The van der Waals surface area contributed by atoms with Crippen LogP contribution in [-0.4, -0.2) is 28.6 Å².